The fourth-order valence-corrected chi connectivity index (χ4v) is 2.61. The largest absolute Gasteiger partial charge is 0.307 e. The molecule has 1 N–H and O–H groups in total. The second-order valence-electron chi connectivity index (χ2n) is 5.16. The first kappa shape index (κ1) is 15.4. The topological polar surface area (TPSA) is 59.8 Å². The standard InChI is InChI=1S/C17H15BrN4O/c1-12-7-16(20-17(23)14-8-15(18)10-19-9-14)22(21-12)11-13-5-3-2-4-6-13/h2-10H,11H2,1H3,(H,20,23). The number of aryl methyl sites for hydroxylation is 1. The number of amides is 1. The first-order valence-electron chi connectivity index (χ1n) is 7.12. The van der Waals surface area contributed by atoms with Crippen LogP contribution in [0.15, 0.2) is 59.3 Å². The van der Waals surface area contributed by atoms with Crippen LogP contribution in [0.4, 0.5) is 5.82 Å². The lowest BCUT2D eigenvalue weighted by atomic mass is 10.2. The third-order valence-corrected chi connectivity index (χ3v) is 3.72. The summed E-state index contributed by atoms with van der Waals surface area (Å²) in [5, 5.41) is 7.34. The number of carbonyl (C=O) groups excluding carboxylic acids is 1. The number of aromatic nitrogens is 3. The van der Waals surface area contributed by atoms with Crippen molar-refractivity contribution < 1.29 is 4.79 Å². The highest BCUT2D eigenvalue weighted by molar-refractivity contribution is 9.10. The van der Waals surface area contributed by atoms with Crippen molar-refractivity contribution in [1.29, 1.82) is 0 Å². The number of rotatable bonds is 4. The lowest BCUT2D eigenvalue weighted by Crippen LogP contribution is -2.16. The number of anilines is 1. The number of hydrogen-bond acceptors (Lipinski definition) is 3. The molecule has 6 heteroatoms. The SMILES string of the molecule is Cc1cc(NC(=O)c2cncc(Br)c2)n(Cc2ccccc2)n1. The van der Waals surface area contributed by atoms with Crippen LogP contribution in [0.1, 0.15) is 21.6 Å². The predicted octanol–water partition coefficient (Wildman–Crippen LogP) is 3.65. The van der Waals surface area contributed by atoms with Crippen LogP contribution in [0.2, 0.25) is 0 Å². The minimum Gasteiger partial charge on any atom is -0.307 e. The molecule has 0 aliphatic heterocycles. The zero-order chi connectivity index (χ0) is 16.2. The molecular formula is C17H15BrN4O. The summed E-state index contributed by atoms with van der Waals surface area (Å²) in [7, 11) is 0. The Bertz CT molecular complexity index is 830. The van der Waals surface area contributed by atoms with Crippen LogP contribution in [0, 0.1) is 6.92 Å². The van der Waals surface area contributed by atoms with Gasteiger partial charge in [0.2, 0.25) is 0 Å². The summed E-state index contributed by atoms with van der Waals surface area (Å²) < 4.78 is 2.55. The molecule has 2 aromatic heterocycles. The van der Waals surface area contributed by atoms with Gasteiger partial charge in [-0.2, -0.15) is 5.10 Å². The molecule has 0 atom stereocenters. The maximum absolute atomic E-state index is 12.4. The molecule has 0 aliphatic carbocycles. The van der Waals surface area contributed by atoms with E-state index in [9.17, 15) is 4.79 Å². The van der Waals surface area contributed by atoms with Crippen molar-refractivity contribution in [2.24, 2.45) is 0 Å². The Hall–Kier alpha value is -2.47. The number of halogens is 1. The summed E-state index contributed by atoms with van der Waals surface area (Å²) in [4.78, 5) is 16.4. The van der Waals surface area contributed by atoms with Crippen LogP contribution in [-0.2, 0) is 6.54 Å². The minimum atomic E-state index is -0.215. The molecule has 0 spiro atoms. The Morgan fingerprint density at radius 1 is 1.22 bits per heavy atom. The van der Waals surface area contributed by atoms with Crippen molar-refractivity contribution in [3.05, 3.63) is 76.2 Å². The maximum atomic E-state index is 12.4. The molecule has 1 amide bonds. The highest BCUT2D eigenvalue weighted by atomic mass is 79.9. The van der Waals surface area contributed by atoms with Gasteiger partial charge >= 0.3 is 0 Å². The highest BCUT2D eigenvalue weighted by Gasteiger charge is 2.12. The molecule has 5 nitrogen and oxygen atoms in total. The van der Waals surface area contributed by atoms with Crippen LogP contribution < -0.4 is 5.32 Å². The summed E-state index contributed by atoms with van der Waals surface area (Å²) >= 11 is 3.32. The van der Waals surface area contributed by atoms with E-state index in [4.69, 9.17) is 0 Å². The monoisotopic (exact) mass is 370 g/mol. The van der Waals surface area contributed by atoms with Crippen molar-refractivity contribution in [3.8, 4) is 0 Å². The molecule has 2 heterocycles. The zero-order valence-corrected chi connectivity index (χ0v) is 14.1. The second kappa shape index (κ2) is 6.75. The van der Waals surface area contributed by atoms with E-state index in [2.05, 4.69) is 31.3 Å². The Labute approximate surface area is 142 Å². The lowest BCUT2D eigenvalue weighted by molar-refractivity contribution is 0.102. The average molecular weight is 371 g/mol. The number of pyridine rings is 1. The maximum Gasteiger partial charge on any atom is 0.258 e. The van der Waals surface area contributed by atoms with Crippen LogP contribution >= 0.6 is 15.9 Å². The van der Waals surface area contributed by atoms with Crippen LogP contribution in [0.3, 0.4) is 0 Å². The van der Waals surface area contributed by atoms with E-state index >= 15 is 0 Å². The Kier molecular flexibility index (Phi) is 4.52. The summed E-state index contributed by atoms with van der Waals surface area (Å²) in [6, 6.07) is 13.6. The lowest BCUT2D eigenvalue weighted by Gasteiger charge is -2.09. The Morgan fingerprint density at radius 2 is 2.00 bits per heavy atom. The Morgan fingerprint density at radius 3 is 2.74 bits per heavy atom. The van der Waals surface area contributed by atoms with E-state index < -0.39 is 0 Å². The summed E-state index contributed by atoms with van der Waals surface area (Å²) in [6.45, 7) is 2.50. The molecule has 0 saturated carbocycles. The molecule has 1 aromatic carbocycles. The Balaban J connectivity index is 1.82. The van der Waals surface area contributed by atoms with Crippen LogP contribution in [0.25, 0.3) is 0 Å². The number of benzene rings is 1. The average Bonchev–Trinajstić information content (AvgIpc) is 2.87. The summed E-state index contributed by atoms with van der Waals surface area (Å²) in [5.41, 5.74) is 2.46. The van der Waals surface area contributed by atoms with Gasteiger partial charge < -0.3 is 5.32 Å². The van der Waals surface area contributed by atoms with Gasteiger partial charge in [-0.25, -0.2) is 4.68 Å². The van der Waals surface area contributed by atoms with E-state index in [1.54, 1.807) is 16.9 Å². The van der Waals surface area contributed by atoms with Gasteiger partial charge in [0, 0.05) is 22.9 Å². The summed E-state index contributed by atoms with van der Waals surface area (Å²) in [6.07, 6.45) is 3.17. The van der Waals surface area contributed by atoms with Crippen molar-refractivity contribution in [2.45, 2.75) is 13.5 Å². The predicted molar refractivity (Wildman–Crippen MR) is 92.4 cm³/mol. The van der Waals surface area contributed by atoms with E-state index in [1.165, 1.54) is 6.20 Å². The molecule has 23 heavy (non-hydrogen) atoms. The summed E-state index contributed by atoms with van der Waals surface area (Å²) in [5.74, 6) is 0.448. The van der Waals surface area contributed by atoms with Gasteiger partial charge in [0.05, 0.1) is 17.8 Å². The molecule has 0 saturated heterocycles. The first-order chi connectivity index (χ1) is 11.1. The number of nitrogens with one attached hydrogen (secondary N) is 1. The molecule has 0 radical (unpaired) electrons. The molecule has 116 valence electrons. The molecule has 0 unspecified atom stereocenters. The van der Waals surface area contributed by atoms with Gasteiger partial charge in [-0.05, 0) is 34.5 Å². The van der Waals surface area contributed by atoms with Gasteiger partial charge in [-0.3, -0.25) is 9.78 Å². The van der Waals surface area contributed by atoms with Gasteiger partial charge in [-0.1, -0.05) is 30.3 Å². The fourth-order valence-electron chi connectivity index (χ4n) is 2.25. The third kappa shape index (κ3) is 3.84. The number of nitrogens with zero attached hydrogens (tertiary/aromatic N) is 3. The normalized spacial score (nSPS) is 10.5. The van der Waals surface area contributed by atoms with Gasteiger partial charge in [-0.15, -0.1) is 0 Å². The van der Waals surface area contributed by atoms with Crippen molar-refractivity contribution in [2.75, 3.05) is 5.32 Å². The molecular weight excluding hydrogens is 356 g/mol. The van der Waals surface area contributed by atoms with Gasteiger partial charge in [0.25, 0.3) is 5.91 Å². The number of carbonyl (C=O) groups is 1. The zero-order valence-electron chi connectivity index (χ0n) is 12.5. The van der Waals surface area contributed by atoms with Crippen LogP contribution in [-0.4, -0.2) is 20.7 Å². The van der Waals surface area contributed by atoms with Crippen molar-refractivity contribution >= 4 is 27.7 Å². The van der Waals surface area contributed by atoms with Crippen LogP contribution in [0.5, 0.6) is 0 Å². The minimum absolute atomic E-state index is 0.215. The molecule has 3 rings (SSSR count). The van der Waals surface area contributed by atoms with E-state index in [0.717, 1.165) is 15.7 Å². The smallest absolute Gasteiger partial charge is 0.258 e. The third-order valence-electron chi connectivity index (χ3n) is 3.29. The van der Waals surface area contributed by atoms with Gasteiger partial charge in [0.15, 0.2) is 0 Å². The molecule has 0 fully saturated rings. The fraction of sp³-hybridized carbons (Fsp3) is 0.118. The van der Waals surface area contributed by atoms with E-state index in [-0.39, 0.29) is 5.91 Å². The van der Waals surface area contributed by atoms with Crippen molar-refractivity contribution in [1.82, 2.24) is 14.8 Å². The molecule has 3 aromatic rings. The van der Waals surface area contributed by atoms with Gasteiger partial charge in [0.1, 0.15) is 5.82 Å². The van der Waals surface area contributed by atoms with E-state index in [1.807, 2.05) is 43.3 Å². The quantitative estimate of drug-likeness (QED) is 0.762. The first-order valence-corrected chi connectivity index (χ1v) is 7.91. The van der Waals surface area contributed by atoms with E-state index in [0.29, 0.717) is 17.9 Å². The number of hydrogen-bond donors (Lipinski definition) is 1. The molecule has 0 bridgehead atoms. The molecule has 0 aliphatic rings. The second-order valence-corrected chi connectivity index (χ2v) is 6.08. The highest BCUT2D eigenvalue weighted by Crippen LogP contribution is 2.15. The van der Waals surface area contributed by atoms with Crippen molar-refractivity contribution in [3.63, 3.8) is 0 Å².